The van der Waals surface area contributed by atoms with Crippen LogP contribution in [0.15, 0.2) is 12.4 Å². The quantitative estimate of drug-likeness (QED) is 0.770. The van der Waals surface area contributed by atoms with Crippen LogP contribution in [-0.2, 0) is 6.54 Å². The molecule has 0 aliphatic carbocycles. The van der Waals surface area contributed by atoms with Crippen LogP contribution < -0.4 is 5.32 Å². The Labute approximate surface area is 99.2 Å². The van der Waals surface area contributed by atoms with Gasteiger partial charge in [0.1, 0.15) is 0 Å². The Bertz CT molecular complexity index is 291. The fourth-order valence-electron chi connectivity index (χ4n) is 1.87. The van der Waals surface area contributed by atoms with Crippen molar-refractivity contribution in [2.24, 2.45) is 5.92 Å². The monoisotopic (exact) mass is 223 g/mol. The van der Waals surface area contributed by atoms with Crippen molar-refractivity contribution in [2.45, 2.75) is 53.1 Å². The lowest BCUT2D eigenvalue weighted by Crippen LogP contribution is -2.21. The van der Waals surface area contributed by atoms with E-state index in [0.717, 1.165) is 19.0 Å². The lowest BCUT2D eigenvalue weighted by atomic mass is 10.00. The third kappa shape index (κ3) is 3.97. The van der Waals surface area contributed by atoms with Gasteiger partial charge in [-0.2, -0.15) is 5.10 Å². The average Bonchev–Trinajstić information content (AvgIpc) is 2.72. The fraction of sp³-hybridized carbons (Fsp3) is 0.769. The minimum Gasteiger partial charge on any atom is -0.310 e. The number of hydrogen-bond donors (Lipinski definition) is 1. The van der Waals surface area contributed by atoms with Gasteiger partial charge in [0.15, 0.2) is 0 Å². The van der Waals surface area contributed by atoms with Crippen LogP contribution in [0, 0.1) is 5.92 Å². The first-order valence-electron chi connectivity index (χ1n) is 6.43. The maximum Gasteiger partial charge on any atom is 0.0537 e. The van der Waals surface area contributed by atoms with Gasteiger partial charge in [-0.3, -0.25) is 4.68 Å². The van der Waals surface area contributed by atoms with Gasteiger partial charge in [-0.1, -0.05) is 20.8 Å². The van der Waals surface area contributed by atoms with Crippen LogP contribution >= 0.6 is 0 Å². The third-order valence-corrected chi connectivity index (χ3v) is 2.86. The molecule has 0 bridgehead atoms. The number of aryl methyl sites for hydroxylation is 1. The molecule has 1 aromatic rings. The molecule has 0 saturated carbocycles. The lowest BCUT2D eigenvalue weighted by Gasteiger charge is -2.17. The normalized spacial score (nSPS) is 13.3. The molecular formula is C13H25N3. The van der Waals surface area contributed by atoms with Crippen molar-refractivity contribution < 1.29 is 0 Å². The summed E-state index contributed by atoms with van der Waals surface area (Å²) in [5, 5.41) is 7.88. The van der Waals surface area contributed by atoms with E-state index in [2.05, 4.69) is 44.3 Å². The number of nitrogens with zero attached hydrogens (tertiary/aromatic N) is 2. The predicted octanol–water partition coefficient (Wildman–Crippen LogP) is 2.99. The number of hydrogen-bond acceptors (Lipinski definition) is 2. The summed E-state index contributed by atoms with van der Waals surface area (Å²) in [6, 6.07) is 0.465. The van der Waals surface area contributed by atoms with Crippen LogP contribution in [0.2, 0.25) is 0 Å². The zero-order valence-electron chi connectivity index (χ0n) is 11.0. The Morgan fingerprint density at radius 1 is 1.31 bits per heavy atom. The average molecular weight is 223 g/mol. The third-order valence-electron chi connectivity index (χ3n) is 2.86. The van der Waals surface area contributed by atoms with Crippen LogP contribution in [-0.4, -0.2) is 16.3 Å². The molecule has 1 rings (SSSR count). The van der Waals surface area contributed by atoms with Gasteiger partial charge in [-0.25, -0.2) is 0 Å². The van der Waals surface area contributed by atoms with Crippen molar-refractivity contribution in [2.75, 3.05) is 6.54 Å². The fourth-order valence-corrected chi connectivity index (χ4v) is 1.87. The Hall–Kier alpha value is -0.830. The molecule has 1 unspecified atom stereocenters. The summed E-state index contributed by atoms with van der Waals surface area (Å²) in [7, 11) is 0. The van der Waals surface area contributed by atoms with Gasteiger partial charge < -0.3 is 5.32 Å². The van der Waals surface area contributed by atoms with Crippen LogP contribution in [0.4, 0.5) is 0 Å². The van der Waals surface area contributed by atoms with Crippen LogP contribution in [0.25, 0.3) is 0 Å². The minimum atomic E-state index is 0.465. The van der Waals surface area contributed by atoms with E-state index in [-0.39, 0.29) is 0 Å². The van der Waals surface area contributed by atoms with E-state index in [9.17, 15) is 0 Å². The summed E-state index contributed by atoms with van der Waals surface area (Å²) in [4.78, 5) is 0. The van der Waals surface area contributed by atoms with Gasteiger partial charge in [0.25, 0.3) is 0 Å². The highest BCUT2D eigenvalue weighted by atomic mass is 15.3. The number of nitrogens with one attached hydrogen (secondary N) is 1. The minimum absolute atomic E-state index is 0.465. The zero-order chi connectivity index (χ0) is 12.0. The molecule has 0 radical (unpaired) electrons. The highest BCUT2D eigenvalue weighted by Gasteiger charge is 2.12. The highest BCUT2D eigenvalue weighted by Crippen LogP contribution is 2.20. The molecule has 3 heteroatoms. The molecule has 0 spiro atoms. The second-order valence-corrected chi connectivity index (χ2v) is 4.71. The lowest BCUT2D eigenvalue weighted by molar-refractivity contribution is 0.448. The maximum absolute atomic E-state index is 4.34. The maximum atomic E-state index is 4.34. The largest absolute Gasteiger partial charge is 0.310 e. The SMILES string of the molecule is CCNC(CCC(C)C)c1cnn(CC)c1. The van der Waals surface area contributed by atoms with Crippen molar-refractivity contribution in [3.05, 3.63) is 18.0 Å². The molecule has 0 saturated heterocycles. The number of rotatable bonds is 7. The first-order chi connectivity index (χ1) is 7.67. The molecule has 16 heavy (non-hydrogen) atoms. The molecule has 1 atom stereocenters. The summed E-state index contributed by atoms with van der Waals surface area (Å²) < 4.78 is 2.00. The van der Waals surface area contributed by atoms with E-state index in [4.69, 9.17) is 0 Å². The standard InChI is InChI=1S/C13H25N3/c1-5-14-13(8-7-11(3)4)12-9-15-16(6-2)10-12/h9-11,13-14H,5-8H2,1-4H3. The second kappa shape index (κ2) is 6.69. The molecule has 0 aliphatic heterocycles. The molecular weight excluding hydrogens is 198 g/mol. The Morgan fingerprint density at radius 2 is 2.06 bits per heavy atom. The zero-order valence-corrected chi connectivity index (χ0v) is 11.0. The molecule has 0 fully saturated rings. The van der Waals surface area contributed by atoms with E-state index in [1.807, 2.05) is 10.9 Å². The summed E-state index contributed by atoms with van der Waals surface area (Å²) >= 11 is 0. The van der Waals surface area contributed by atoms with Crippen molar-refractivity contribution in [3.8, 4) is 0 Å². The first-order valence-corrected chi connectivity index (χ1v) is 6.43. The van der Waals surface area contributed by atoms with E-state index in [1.54, 1.807) is 0 Å². The highest BCUT2D eigenvalue weighted by molar-refractivity contribution is 5.10. The molecule has 1 N–H and O–H groups in total. The summed E-state index contributed by atoms with van der Waals surface area (Å²) in [6.07, 6.45) is 6.61. The molecule has 1 heterocycles. The molecule has 0 aliphatic rings. The summed E-state index contributed by atoms with van der Waals surface area (Å²) in [6.45, 7) is 10.8. The Balaban J connectivity index is 2.60. The second-order valence-electron chi connectivity index (χ2n) is 4.71. The molecule has 1 aromatic heterocycles. The van der Waals surface area contributed by atoms with Crippen molar-refractivity contribution >= 4 is 0 Å². The van der Waals surface area contributed by atoms with Crippen molar-refractivity contribution in [1.82, 2.24) is 15.1 Å². The van der Waals surface area contributed by atoms with E-state index < -0.39 is 0 Å². The van der Waals surface area contributed by atoms with Crippen LogP contribution in [0.3, 0.4) is 0 Å². The van der Waals surface area contributed by atoms with E-state index in [0.29, 0.717) is 6.04 Å². The van der Waals surface area contributed by atoms with Crippen LogP contribution in [0.5, 0.6) is 0 Å². The van der Waals surface area contributed by atoms with Gasteiger partial charge in [-0.05, 0) is 32.2 Å². The first kappa shape index (κ1) is 13.2. The predicted molar refractivity (Wildman–Crippen MR) is 68.4 cm³/mol. The van der Waals surface area contributed by atoms with Gasteiger partial charge in [0.2, 0.25) is 0 Å². The Kier molecular flexibility index (Phi) is 5.53. The van der Waals surface area contributed by atoms with Gasteiger partial charge in [0.05, 0.1) is 6.20 Å². The van der Waals surface area contributed by atoms with Gasteiger partial charge >= 0.3 is 0 Å². The Morgan fingerprint density at radius 3 is 2.56 bits per heavy atom. The molecule has 92 valence electrons. The topological polar surface area (TPSA) is 29.9 Å². The van der Waals surface area contributed by atoms with E-state index >= 15 is 0 Å². The summed E-state index contributed by atoms with van der Waals surface area (Å²) in [5.41, 5.74) is 1.32. The number of aromatic nitrogens is 2. The van der Waals surface area contributed by atoms with Crippen LogP contribution in [0.1, 0.15) is 52.1 Å². The van der Waals surface area contributed by atoms with E-state index in [1.165, 1.54) is 18.4 Å². The summed E-state index contributed by atoms with van der Waals surface area (Å²) in [5.74, 6) is 0.766. The van der Waals surface area contributed by atoms with Gasteiger partial charge in [0, 0.05) is 24.3 Å². The van der Waals surface area contributed by atoms with Crippen molar-refractivity contribution in [3.63, 3.8) is 0 Å². The smallest absolute Gasteiger partial charge is 0.0537 e. The van der Waals surface area contributed by atoms with Crippen molar-refractivity contribution in [1.29, 1.82) is 0 Å². The molecule has 0 amide bonds. The van der Waals surface area contributed by atoms with Gasteiger partial charge in [-0.15, -0.1) is 0 Å². The molecule has 3 nitrogen and oxygen atoms in total. The molecule has 0 aromatic carbocycles.